The molecule has 1 atom stereocenters. The second kappa shape index (κ2) is 10.9. The largest absolute Gasteiger partial charge is 0.0819 e. The fourth-order valence-electron chi connectivity index (χ4n) is 3.14. The predicted molar refractivity (Wildman–Crippen MR) is 110 cm³/mol. The zero-order chi connectivity index (χ0) is 17.5. The minimum absolute atomic E-state index is 0. The van der Waals surface area contributed by atoms with Gasteiger partial charge in [0, 0.05) is 36.4 Å². The third kappa shape index (κ3) is 6.35. The standard InChI is InChI=1S/C14H14.C9H16Si.Zr/c1-3-7-13(8-4-1)11-12-14-9-5-2-6-10-14;1-5-6(2)8(4)9(10)7(5)3;/h1-10H,11-12H2;7H,1-4,10H3;. The third-order valence-corrected chi connectivity index (χ3v) is 7.05. The van der Waals surface area contributed by atoms with Gasteiger partial charge in [-0.3, -0.25) is 0 Å². The van der Waals surface area contributed by atoms with Gasteiger partial charge in [0.2, 0.25) is 0 Å². The molecule has 0 nitrogen and oxygen atoms in total. The van der Waals surface area contributed by atoms with E-state index in [1.807, 2.05) is 0 Å². The number of rotatable bonds is 3. The molecule has 2 aromatic carbocycles. The van der Waals surface area contributed by atoms with Gasteiger partial charge in [0.15, 0.2) is 0 Å². The first kappa shape index (κ1) is 22.1. The molecule has 1 aliphatic carbocycles. The summed E-state index contributed by atoms with van der Waals surface area (Å²) in [5.41, 5.74) is 7.52. The van der Waals surface area contributed by atoms with Crippen LogP contribution < -0.4 is 0 Å². The van der Waals surface area contributed by atoms with Gasteiger partial charge in [-0.15, -0.1) is 0 Å². The first-order valence-electron chi connectivity index (χ1n) is 8.93. The summed E-state index contributed by atoms with van der Waals surface area (Å²) >= 11 is 0. The average Bonchev–Trinajstić information content (AvgIpc) is 2.80. The predicted octanol–water partition coefficient (Wildman–Crippen LogP) is 5.08. The van der Waals surface area contributed by atoms with Crippen molar-refractivity contribution < 1.29 is 26.2 Å². The van der Waals surface area contributed by atoms with Crippen molar-refractivity contribution >= 4 is 10.2 Å². The minimum atomic E-state index is 0. The summed E-state index contributed by atoms with van der Waals surface area (Å²) in [6, 6.07) is 21.2. The maximum absolute atomic E-state index is 2.32. The van der Waals surface area contributed by atoms with Gasteiger partial charge < -0.3 is 0 Å². The molecule has 0 aliphatic heterocycles. The molecule has 130 valence electrons. The van der Waals surface area contributed by atoms with Gasteiger partial charge in [0.25, 0.3) is 0 Å². The number of allylic oxidation sites excluding steroid dienone is 4. The summed E-state index contributed by atoms with van der Waals surface area (Å²) in [5, 5.41) is 1.69. The molecule has 0 bridgehead atoms. The van der Waals surface area contributed by atoms with Gasteiger partial charge in [-0.05, 0) is 56.2 Å². The van der Waals surface area contributed by atoms with E-state index in [-0.39, 0.29) is 26.2 Å². The molecule has 0 saturated carbocycles. The number of aryl methyl sites for hydroxylation is 2. The Morgan fingerprint density at radius 3 is 1.36 bits per heavy atom. The Kier molecular flexibility index (Phi) is 9.61. The Morgan fingerprint density at radius 2 is 1.12 bits per heavy atom. The van der Waals surface area contributed by atoms with Crippen molar-refractivity contribution in [2.45, 2.75) is 40.5 Å². The van der Waals surface area contributed by atoms with E-state index in [2.05, 4.69) is 88.4 Å². The summed E-state index contributed by atoms with van der Waals surface area (Å²) < 4.78 is 0. The second-order valence-corrected chi connectivity index (χ2v) is 7.89. The normalized spacial score (nSPS) is 16.4. The molecule has 0 saturated heterocycles. The fourth-order valence-corrected chi connectivity index (χ4v) is 3.95. The van der Waals surface area contributed by atoms with E-state index in [0.29, 0.717) is 0 Å². The Labute approximate surface area is 176 Å². The van der Waals surface area contributed by atoms with Crippen LogP contribution in [-0.2, 0) is 39.0 Å². The molecular weight excluding hydrogens is 396 g/mol. The summed E-state index contributed by atoms with van der Waals surface area (Å²) in [6.07, 6.45) is 2.26. The van der Waals surface area contributed by atoms with Gasteiger partial charge in [0.05, 0.1) is 0 Å². The number of benzene rings is 2. The Morgan fingerprint density at radius 1 is 0.720 bits per heavy atom. The molecule has 0 spiro atoms. The Hall–Kier alpha value is -0.980. The number of hydrogen-bond donors (Lipinski definition) is 0. The van der Waals surface area contributed by atoms with Crippen LogP contribution in [0.3, 0.4) is 0 Å². The minimum Gasteiger partial charge on any atom is -0.0819 e. The van der Waals surface area contributed by atoms with Crippen molar-refractivity contribution in [3.05, 3.63) is 93.7 Å². The molecule has 1 unspecified atom stereocenters. The van der Waals surface area contributed by atoms with E-state index in [1.165, 1.54) is 26.9 Å². The van der Waals surface area contributed by atoms with E-state index in [1.54, 1.807) is 16.3 Å². The van der Waals surface area contributed by atoms with E-state index >= 15 is 0 Å². The van der Waals surface area contributed by atoms with E-state index in [4.69, 9.17) is 0 Å². The Bertz CT molecular complexity index is 651. The molecule has 3 rings (SSSR count). The van der Waals surface area contributed by atoms with Gasteiger partial charge in [-0.25, -0.2) is 0 Å². The third-order valence-electron chi connectivity index (χ3n) is 5.43. The van der Waals surface area contributed by atoms with Crippen LogP contribution in [0.1, 0.15) is 38.8 Å². The van der Waals surface area contributed by atoms with Gasteiger partial charge >= 0.3 is 0 Å². The molecule has 0 N–H and O–H groups in total. The molecular formula is C23H30SiZr. The van der Waals surface area contributed by atoms with Crippen LogP contribution >= 0.6 is 0 Å². The van der Waals surface area contributed by atoms with Crippen LogP contribution in [0.2, 0.25) is 0 Å². The van der Waals surface area contributed by atoms with Crippen molar-refractivity contribution in [3.63, 3.8) is 0 Å². The summed E-state index contributed by atoms with van der Waals surface area (Å²) in [7, 11) is 1.23. The molecule has 0 heterocycles. The average molecular weight is 426 g/mol. The first-order chi connectivity index (χ1) is 11.5. The zero-order valence-electron chi connectivity index (χ0n) is 16.3. The maximum atomic E-state index is 2.32. The molecule has 0 aromatic heterocycles. The maximum Gasteiger partial charge on any atom is 0.0344 e. The van der Waals surface area contributed by atoms with Gasteiger partial charge in [0.1, 0.15) is 0 Å². The van der Waals surface area contributed by atoms with Crippen molar-refractivity contribution in [3.8, 4) is 0 Å². The fraction of sp³-hybridized carbons (Fsp3) is 0.304. The van der Waals surface area contributed by atoms with Crippen molar-refractivity contribution in [2.75, 3.05) is 0 Å². The van der Waals surface area contributed by atoms with Gasteiger partial charge in [-0.2, -0.15) is 0 Å². The van der Waals surface area contributed by atoms with Crippen LogP contribution in [0, 0.1) is 5.92 Å². The van der Waals surface area contributed by atoms with Crippen LogP contribution in [0.4, 0.5) is 0 Å². The monoisotopic (exact) mass is 424 g/mol. The van der Waals surface area contributed by atoms with E-state index in [0.717, 1.165) is 18.8 Å². The van der Waals surface area contributed by atoms with E-state index in [9.17, 15) is 0 Å². The first-order valence-corrected chi connectivity index (χ1v) is 9.93. The molecule has 25 heavy (non-hydrogen) atoms. The Balaban J connectivity index is 0.000000254. The number of hydrogen-bond acceptors (Lipinski definition) is 0. The van der Waals surface area contributed by atoms with Crippen LogP contribution in [0.15, 0.2) is 82.6 Å². The molecule has 0 radical (unpaired) electrons. The topological polar surface area (TPSA) is 0 Å². The molecule has 2 heteroatoms. The van der Waals surface area contributed by atoms with Gasteiger partial charge in [-0.1, -0.05) is 83.9 Å². The smallest absolute Gasteiger partial charge is 0.0344 e. The van der Waals surface area contributed by atoms with Crippen LogP contribution in [-0.4, -0.2) is 10.2 Å². The quantitative estimate of drug-likeness (QED) is 0.602. The molecule has 0 amide bonds. The molecule has 1 aliphatic rings. The van der Waals surface area contributed by atoms with E-state index < -0.39 is 0 Å². The summed E-state index contributed by atoms with van der Waals surface area (Å²) in [4.78, 5) is 0. The molecule has 0 fully saturated rings. The molecule has 2 aromatic rings. The zero-order valence-corrected chi connectivity index (χ0v) is 20.7. The second-order valence-electron chi connectivity index (χ2n) is 6.81. The van der Waals surface area contributed by atoms with Crippen LogP contribution in [0.25, 0.3) is 0 Å². The SMILES string of the molecule is CC1=C(C)C(C)C([SiH3])=C1C.[Zr].c1ccc(CCc2ccccc2)cc1. The summed E-state index contributed by atoms with van der Waals surface area (Å²) in [5.74, 6) is 0.756. The van der Waals surface area contributed by atoms with Crippen molar-refractivity contribution in [1.29, 1.82) is 0 Å². The summed E-state index contributed by atoms with van der Waals surface area (Å²) in [6.45, 7) is 9.07. The van der Waals surface area contributed by atoms with Crippen molar-refractivity contribution in [2.24, 2.45) is 5.92 Å². The van der Waals surface area contributed by atoms with Crippen molar-refractivity contribution in [1.82, 2.24) is 0 Å². The van der Waals surface area contributed by atoms with Crippen LogP contribution in [0.5, 0.6) is 0 Å².